The molecule has 34 heavy (non-hydrogen) atoms. The summed E-state index contributed by atoms with van der Waals surface area (Å²) in [7, 11) is 0. The van der Waals surface area contributed by atoms with Crippen LogP contribution in [0.25, 0.3) is 6.08 Å². The second kappa shape index (κ2) is 11.0. The molecule has 2 aromatic rings. The number of carbonyl (C=O) groups is 4. The topological polar surface area (TPSA) is 102 Å². The van der Waals surface area contributed by atoms with Crippen molar-refractivity contribution in [2.75, 3.05) is 18.5 Å². The van der Waals surface area contributed by atoms with Crippen LogP contribution in [0.4, 0.5) is 10.5 Å². The molecular formula is C25H26N2O6S. The van der Waals surface area contributed by atoms with E-state index >= 15 is 0 Å². The van der Waals surface area contributed by atoms with Gasteiger partial charge in [-0.1, -0.05) is 32.0 Å². The summed E-state index contributed by atoms with van der Waals surface area (Å²) >= 11 is 0.756. The molecule has 0 radical (unpaired) electrons. The minimum Gasteiger partial charge on any atom is -0.490 e. The van der Waals surface area contributed by atoms with Crippen molar-refractivity contribution in [3.05, 3.63) is 58.5 Å². The predicted octanol–water partition coefficient (Wildman–Crippen LogP) is 4.81. The standard InChI is InChI=1S/C25H26N2O6S/c1-5-32-21-12-17(6-11-20(21)33-16(4)28)13-22-24(30)27(25(31)34-22)14-23(29)26-19-9-7-18(8-10-19)15(2)3/h6-13,15H,5,14H2,1-4H3,(H,26,29)/b22-13+. The normalized spacial score (nSPS) is 14.6. The first-order valence-corrected chi connectivity index (χ1v) is 11.6. The maximum absolute atomic E-state index is 12.8. The number of nitrogens with one attached hydrogen (secondary N) is 1. The summed E-state index contributed by atoms with van der Waals surface area (Å²) in [5.41, 5.74) is 2.32. The highest BCUT2D eigenvalue weighted by Crippen LogP contribution is 2.34. The van der Waals surface area contributed by atoms with Gasteiger partial charge in [0, 0.05) is 12.6 Å². The number of rotatable bonds is 8. The van der Waals surface area contributed by atoms with Crippen molar-refractivity contribution in [3.63, 3.8) is 0 Å². The van der Waals surface area contributed by atoms with Gasteiger partial charge in [0.05, 0.1) is 11.5 Å². The summed E-state index contributed by atoms with van der Waals surface area (Å²) in [5.74, 6) is -0.531. The lowest BCUT2D eigenvalue weighted by molar-refractivity contribution is -0.132. The van der Waals surface area contributed by atoms with Gasteiger partial charge < -0.3 is 14.8 Å². The molecule has 1 saturated heterocycles. The van der Waals surface area contributed by atoms with Crippen LogP contribution in [0.15, 0.2) is 47.4 Å². The number of carbonyl (C=O) groups excluding carboxylic acids is 4. The summed E-state index contributed by atoms with van der Waals surface area (Å²) in [6.07, 6.45) is 1.54. The van der Waals surface area contributed by atoms with Crippen molar-refractivity contribution in [2.45, 2.75) is 33.6 Å². The molecule has 0 bridgehead atoms. The lowest BCUT2D eigenvalue weighted by Crippen LogP contribution is -2.36. The van der Waals surface area contributed by atoms with Crippen LogP contribution < -0.4 is 14.8 Å². The van der Waals surface area contributed by atoms with E-state index in [-0.39, 0.29) is 17.2 Å². The van der Waals surface area contributed by atoms with Crippen LogP contribution in [0.2, 0.25) is 0 Å². The van der Waals surface area contributed by atoms with Gasteiger partial charge in [0.1, 0.15) is 6.54 Å². The van der Waals surface area contributed by atoms with E-state index in [4.69, 9.17) is 9.47 Å². The number of imide groups is 1. The third-order valence-electron chi connectivity index (χ3n) is 4.86. The van der Waals surface area contributed by atoms with Crippen LogP contribution in [0.5, 0.6) is 11.5 Å². The van der Waals surface area contributed by atoms with Crippen molar-refractivity contribution in [2.24, 2.45) is 0 Å². The Kier molecular flexibility index (Phi) is 8.12. The summed E-state index contributed by atoms with van der Waals surface area (Å²) in [6, 6.07) is 12.2. The first kappa shape index (κ1) is 25.0. The minimum atomic E-state index is -0.553. The van der Waals surface area contributed by atoms with E-state index in [0.29, 0.717) is 29.5 Å². The zero-order chi connectivity index (χ0) is 24.8. The zero-order valence-electron chi connectivity index (χ0n) is 19.4. The Morgan fingerprint density at radius 2 is 1.79 bits per heavy atom. The Morgan fingerprint density at radius 3 is 2.41 bits per heavy atom. The molecule has 9 heteroatoms. The van der Waals surface area contributed by atoms with E-state index in [1.807, 2.05) is 12.1 Å². The smallest absolute Gasteiger partial charge is 0.308 e. The molecule has 8 nitrogen and oxygen atoms in total. The average Bonchev–Trinajstić information content (AvgIpc) is 3.03. The van der Waals surface area contributed by atoms with Gasteiger partial charge in [-0.15, -0.1) is 0 Å². The molecule has 0 aromatic heterocycles. The van der Waals surface area contributed by atoms with Gasteiger partial charge in [-0.05, 0) is 66.1 Å². The zero-order valence-corrected chi connectivity index (χ0v) is 20.2. The molecule has 0 atom stereocenters. The third kappa shape index (κ3) is 6.26. The molecule has 2 aromatic carbocycles. The maximum Gasteiger partial charge on any atom is 0.308 e. The molecule has 0 saturated carbocycles. The minimum absolute atomic E-state index is 0.182. The highest BCUT2D eigenvalue weighted by molar-refractivity contribution is 8.18. The number of thioether (sulfide) groups is 1. The van der Waals surface area contributed by atoms with Crippen molar-refractivity contribution in [3.8, 4) is 11.5 Å². The van der Waals surface area contributed by atoms with E-state index in [0.717, 1.165) is 22.2 Å². The highest BCUT2D eigenvalue weighted by Gasteiger charge is 2.36. The van der Waals surface area contributed by atoms with E-state index in [1.54, 1.807) is 37.3 Å². The fourth-order valence-electron chi connectivity index (χ4n) is 3.21. The van der Waals surface area contributed by atoms with E-state index in [1.165, 1.54) is 13.0 Å². The SMILES string of the molecule is CCOc1cc(/C=C2/SC(=O)N(CC(=O)Nc3ccc(C(C)C)cc3)C2=O)ccc1OC(C)=O. The Hall–Kier alpha value is -3.59. The van der Waals surface area contributed by atoms with Crippen LogP contribution in [0.3, 0.4) is 0 Å². The molecule has 1 fully saturated rings. The Bertz CT molecular complexity index is 1140. The van der Waals surface area contributed by atoms with Gasteiger partial charge in [-0.2, -0.15) is 0 Å². The molecule has 1 N–H and O–H groups in total. The van der Waals surface area contributed by atoms with Gasteiger partial charge in [-0.25, -0.2) is 0 Å². The number of nitrogens with zero attached hydrogens (tertiary/aromatic N) is 1. The lowest BCUT2D eigenvalue weighted by atomic mass is 10.0. The monoisotopic (exact) mass is 482 g/mol. The van der Waals surface area contributed by atoms with Crippen molar-refractivity contribution in [1.29, 1.82) is 0 Å². The first-order valence-electron chi connectivity index (χ1n) is 10.8. The largest absolute Gasteiger partial charge is 0.490 e. The maximum atomic E-state index is 12.8. The highest BCUT2D eigenvalue weighted by atomic mass is 32.2. The second-order valence-corrected chi connectivity index (χ2v) is 8.82. The van der Waals surface area contributed by atoms with Crippen molar-refractivity contribution in [1.82, 2.24) is 4.90 Å². The van der Waals surface area contributed by atoms with Gasteiger partial charge >= 0.3 is 5.97 Å². The average molecular weight is 483 g/mol. The summed E-state index contributed by atoms with van der Waals surface area (Å²) in [4.78, 5) is 50.0. The molecular weight excluding hydrogens is 456 g/mol. The van der Waals surface area contributed by atoms with Crippen molar-refractivity contribution >= 4 is 46.5 Å². The number of hydrogen-bond acceptors (Lipinski definition) is 7. The summed E-state index contributed by atoms with van der Waals surface area (Å²) in [6.45, 7) is 7.20. The number of amides is 3. The second-order valence-electron chi connectivity index (χ2n) is 7.83. The third-order valence-corrected chi connectivity index (χ3v) is 5.76. The van der Waals surface area contributed by atoms with Gasteiger partial charge in [0.2, 0.25) is 5.91 Å². The lowest BCUT2D eigenvalue weighted by Gasteiger charge is -2.13. The summed E-state index contributed by atoms with van der Waals surface area (Å²) in [5, 5.41) is 2.19. The number of anilines is 1. The molecule has 1 heterocycles. The van der Waals surface area contributed by atoms with Crippen LogP contribution in [0, 0.1) is 0 Å². The Balaban J connectivity index is 1.70. The van der Waals surface area contributed by atoms with Crippen LogP contribution in [-0.2, 0) is 14.4 Å². The molecule has 0 unspecified atom stereocenters. The number of hydrogen-bond donors (Lipinski definition) is 1. The van der Waals surface area contributed by atoms with E-state index < -0.39 is 23.0 Å². The van der Waals surface area contributed by atoms with E-state index in [9.17, 15) is 19.2 Å². The van der Waals surface area contributed by atoms with Crippen LogP contribution in [0.1, 0.15) is 44.7 Å². The fourth-order valence-corrected chi connectivity index (χ4v) is 4.04. The van der Waals surface area contributed by atoms with Crippen LogP contribution >= 0.6 is 11.8 Å². The van der Waals surface area contributed by atoms with Crippen molar-refractivity contribution < 1.29 is 28.7 Å². The molecule has 178 valence electrons. The molecule has 0 aliphatic carbocycles. The van der Waals surface area contributed by atoms with Crippen LogP contribution in [-0.4, -0.2) is 41.1 Å². The fraction of sp³-hybridized carbons (Fsp3) is 0.280. The number of esters is 1. The summed E-state index contributed by atoms with van der Waals surface area (Å²) < 4.78 is 10.6. The Morgan fingerprint density at radius 1 is 1.09 bits per heavy atom. The van der Waals surface area contributed by atoms with E-state index in [2.05, 4.69) is 19.2 Å². The number of benzene rings is 2. The molecule has 0 spiro atoms. The van der Waals surface area contributed by atoms with Gasteiger partial charge in [0.15, 0.2) is 11.5 Å². The molecule has 1 aliphatic rings. The Labute approximate surface area is 202 Å². The first-order chi connectivity index (χ1) is 16.2. The van der Waals surface area contributed by atoms with Gasteiger partial charge in [-0.3, -0.25) is 24.1 Å². The molecule has 3 rings (SSSR count). The quantitative estimate of drug-likeness (QED) is 0.327. The number of ether oxygens (including phenoxy) is 2. The molecule has 3 amide bonds. The molecule has 1 aliphatic heterocycles. The van der Waals surface area contributed by atoms with Gasteiger partial charge in [0.25, 0.3) is 11.1 Å². The predicted molar refractivity (Wildman–Crippen MR) is 131 cm³/mol.